The lowest BCUT2D eigenvalue weighted by atomic mass is 10.0. The molecule has 0 amide bonds. The van der Waals surface area contributed by atoms with Gasteiger partial charge in [-0.25, -0.2) is 9.97 Å². The Morgan fingerprint density at radius 1 is 1.22 bits per heavy atom. The number of fused-ring (bicyclic) bond motifs is 1. The van der Waals surface area contributed by atoms with Gasteiger partial charge in [0.05, 0.1) is 30.5 Å². The van der Waals surface area contributed by atoms with Gasteiger partial charge in [0.2, 0.25) is 5.03 Å². The lowest BCUT2D eigenvalue weighted by Gasteiger charge is -2.34. The number of ether oxygens (including phenoxy) is 1. The van der Waals surface area contributed by atoms with Crippen LogP contribution < -0.4 is 4.90 Å². The van der Waals surface area contributed by atoms with Crippen LogP contribution >= 0.6 is 0 Å². The molecule has 0 aromatic carbocycles. The molecule has 10 heteroatoms. The molecule has 5 heterocycles. The molecule has 32 heavy (non-hydrogen) atoms. The number of nitrogens with one attached hydrogen (secondary N) is 1. The standard InChI is InChI=1S/C22H25N7O2S/c1-13-12-31-10-9-29(13)18-11-16(15-5-6-19(32(4)30)24-14(15)2)22-21(25-18)20(27-28(22)3)17-7-8-23-26-17/h5-8,11,13H,9-10,12H2,1-4H3,(H,23,26)/t13-,32-/m1/s1. The maximum Gasteiger partial charge on any atom is 0.244 e. The molecule has 1 saturated heterocycles. The summed E-state index contributed by atoms with van der Waals surface area (Å²) in [6.45, 7) is 6.17. The third-order valence-corrected chi connectivity index (χ3v) is 6.64. The quantitative estimate of drug-likeness (QED) is 0.475. The zero-order valence-electron chi connectivity index (χ0n) is 18.5. The first-order valence-electron chi connectivity index (χ1n) is 10.5. The summed E-state index contributed by atoms with van der Waals surface area (Å²) in [4.78, 5) is 11.9. The molecule has 1 aliphatic rings. The van der Waals surface area contributed by atoms with Crippen LogP contribution in [0.25, 0.3) is 33.5 Å². The third kappa shape index (κ3) is 3.54. The molecule has 1 aliphatic heterocycles. The van der Waals surface area contributed by atoms with Crippen molar-refractivity contribution in [3.05, 3.63) is 36.2 Å². The Morgan fingerprint density at radius 3 is 2.75 bits per heavy atom. The third-order valence-electron chi connectivity index (χ3n) is 5.83. The summed E-state index contributed by atoms with van der Waals surface area (Å²) in [7, 11) is 1.92. The minimum Gasteiger partial charge on any atom is -0.610 e. The summed E-state index contributed by atoms with van der Waals surface area (Å²) in [6, 6.07) is 8.02. The molecule has 1 N–H and O–H groups in total. The van der Waals surface area contributed by atoms with Gasteiger partial charge in [-0.05, 0) is 32.0 Å². The van der Waals surface area contributed by atoms with Gasteiger partial charge in [0.15, 0.2) is 0 Å². The highest BCUT2D eigenvalue weighted by Gasteiger charge is 2.26. The molecule has 9 nitrogen and oxygen atoms in total. The van der Waals surface area contributed by atoms with Crippen molar-refractivity contribution in [1.29, 1.82) is 0 Å². The van der Waals surface area contributed by atoms with Crippen LogP contribution in [-0.4, -0.2) is 66.6 Å². The van der Waals surface area contributed by atoms with Gasteiger partial charge in [-0.15, -0.1) is 0 Å². The molecule has 5 rings (SSSR count). The first-order valence-corrected chi connectivity index (χ1v) is 12.0. The Hall–Kier alpha value is -2.95. The van der Waals surface area contributed by atoms with E-state index in [1.165, 1.54) is 0 Å². The van der Waals surface area contributed by atoms with Gasteiger partial charge in [-0.1, -0.05) is 0 Å². The van der Waals surface area contributed by atoms with Crippen LogP contribution in [-0.2, 0) is 23.0 Å². The van der Waals surface area contributed by atoms with E-state index in [1.54, 1.807) is 12.5 Å². The van der Waals surface area contributed by atoms with E-state index < -0.39 is 11.2 Å². The first kappa shape index (κ1) is 20.9. The fourth-order valence-electron chi connectivity index (χ4n) is 4.23. The zero-order valence-corrected chi connectivity index (χ0v) is 19.3. The topological polar surface area (TPSA) is 108 Å². The normalized spacial score (nSPS) is 17.8. The highest BCUT2D eigenvalue weighted by atomic mass is 32.2. The van der Waals surface area contributed by atoms with Crippen LogP contribution in [0.3, 0.4) is 0 Å². The molecule has 0 unspecified atom stereocenters. The van der Waals surface area contributed by atoms with Gasteiger partial charge >= 0.3 is 0 Å². The number of aryl methyl sites for hydroxylation is 2. The summed E-state index contributed by atoms with van der Waals surface area (Å²) in [5, 5.41) is 12.5. The van der Waals surface area contributed by atoms with Crippen LogP contribution in [0.2, 0.25) is 0 Å². The Kier molecular flexibility index (Phi) is 5.36. The van der Waals surface area contributed by atoms with Gasteiger partial charge in [0.25, 0.3) is 0 Å². The van der Waals surface area contributed by atoms with Gasteiger partial charge in [-0.3, -0.25) is 9.78 Å². The lowest BCUT2D eigenvalue weighted by Crippen LogP contribution is -2.44. The summed E-state index contributed by atoms with van der Waals surface area (Å²) in [5.74, 6) is 0.871. The van der Waals surface area contributed by atoms with Gasteiger partial charge in [0, 0.05) is 48.2 Å². The lowest BCUT2D eigenvalue weighted by molar-refractivity contribution is 0.0986. The fraction of sp³-hybridized carbons (Fsp3) is 0.364. The highest BCUT2D eigenvalue weighted by molar-refractivity contribution is 7.90. The Labute approximate surface area is 189 Å². The first-order chi connectivity index (χ1) is 15.4. The number of aromatic nitrogens is 6. The molecule has 166 valence electrons. The number of morpholine rings is 1. The van der Waals surface area contributed by atoms with Gasteiger partial charge < -0.3 is 14.2 Å². The highest BCUT2D eigenvalue weighted by Crippen LogP contribution is 2.37. The predicted octanol–water partition coefficient (Wildman–Crippen LogP) is 2.69. The molecule has 4 aromatic rings. The monoisotopic (exact) mass is 451 g/mol. The number of pyridine rings is 2. The molecule has 4 aromatic heterocycles. The number of nitrogens with zero attached hydrogens (tertiary/aromatic N) is 6. The summed E-state index contributed by atoms with van der Waals surface area (Å²) >= 11 is -1.14. The molecule has 0 saturated carbocycles. The minimum atomic E-state index is -1.14. The number of hydrogen-bond acceptors (Lipinski definition) is 7. The van der Waals surface area contributed by atoms with Crippen molar-refractivity contribution in [1.82, 2.24) is 29.9 Å². The van der Waals surface area contributed by atoms with Crippen molar-refractivity contribution in [2.45, 2.75) is 24.9 Å². The van der Waals surface area contributed by atoms with Crippen LogP contribution in [0, 0.1) is 6.92 Å². The van der Waals surface area contributed by atoms with Gasteiger partial charge in [-0.2, -0.15) is 10.2 Å². The van der Waals surface area contributed by atoms with E-state index >= 15 is 0 Å². The van der Waals surface area contributed by atoms with Crippen LogP contribution in [0.15, 0.2) is 35.5 Å². The Morgan fingerprint density at radius 2 is 2.06 bits per heavy atom. The second kappa shape index (κ2) is 8.19. The van der Waals surface area contributed by atoms with Gasteiger partial charge in [0.1, 0.15) is 29.0 Å². The van der Waals surface area contributed by atoms with Crippen molar-refractivity contribution in [2.24, 2.45) is 7.05 Å². The largest absolute Gasteiger partial charge is 0.610 e. The number of rotatable bonds is 4. The van der Waals surface area contributed by atoms with E-state index in [4.69, 9.17) is 14.8 Å². The SMILES string of the molecule is Cc1nc([S@@+](C)[O-])ccc1-c1cc(N2CCOC[C@H]2C)nc2c(-c3cc[nH]n3)nn(C)c12. The van der Waals surface area contributed by atoms with E-state index in [9.17, 15) is 4.55 Å². The van der Waals surface area contributed by atoms with Crippen molar-refractivity contribution in [2.75, 3.05) is 30.9 Å². The summed E-state index contributed by atoms with van der Waals surface area (Å²) in [6.07, 6.45) is 3.42. The molecule has 0 aliphatic carbocycles. The van der Waals surface area contributed by atoms with Crippen molar-refractivity contribution < 1.29 is 9.29 Å². The second-order valence-corrected chi connectivity index (χ2v) is 9.34. The predicted molar refractivity (Wildman–Crippen MR) is 124 cm³/mol. The Balaban J connectivity index is 1.78. The van der Waals surface area contributed by atoms with Crippen LogP contribution in [0.5, 0.6) is 0 Å². The molecule has 0 radical (unpaired) electrons. The smallest absolute Gasteiger partial charge is 0.244 e. The fourth-order valence-corrected chi connectivity index (χ4v) is 4.76. The van der Waals surface area contributed by atoms with E-state index in [2.05, 4.69) is 33.1 Å². The number of aromatic amines is 1. The van der Waals surface area contributed by atoms with E-state index in [1.807, 2.05) is 36.9 Å². The molecule has 1 fully saturated rings. The molecular formula is C22H25N7O2S. The summed E-state index contributed by atoms with van der Waals surface area (Å²) < 4.78 is 19.4. The Bertz CT molecular complexity index is 1270. The van der Waals surface area contributed by atoms with Crippen LogP contribution in [0.1, 0.15) is 12.6 Å². The van der Waals surface area contributed by atoms with Crippen molar-refractivity contribution >= 4 is 28.0 Å². The summed E-state index contributed by atoms with van der Waals surface area (Å²) in [5.41, 5.74) is 5.92. The number of anilines is 1. The average Bonchev–Trinajstić information content (AvgIpc) is 3.41. The number of H-pyrrole nitrogens is 1. The second-order valence-electron chi connectivity index (χ2n) is 8.01. The van der Waals surface area contributed by atoms with Crippen LogP contribution in [0.4, 0.5) is 5.82 Å². The van der Waals surface area contributed by atoms with E-state index in [-0.39, 0.29) is 6.04 Å². The van der Waals surface area contributed by atoms with E-state index in [0.29, 0.717) is 18.2 Å². The maximum absolute atomic E-state index is 11.9. The molecular weight excluding hydrogens is 426 g/mol. The average molecular weight is 452 g/mol. The van der Waals surface area contributed by atoms with E-state index in [0.717, 1.165) is 51.6 Å². The molecule has 2 atom stereocenters. The minimum absolute atomic E-state index is 0.205. The molecule has 0 bridgehead atoms. The number of hydrogen-bond donors (Lipinski definition) is 1. The van der Waals surface area contributed by atoms with Crippen molar-refractivity contribution in [3.8, 4) is 22.5 Å². The molecule has 0 spiro atoms. The van der Waals surface area contributed by atoms with Crippen molar-refractivity contribution in [3.63, 3.8) is 0 Å². The zero-order chi connectivity index (χ0) is 22.4. The maximum atomic E-state index is 11.9.